The van der Waals surface area contributed by atoms with Gasteiger partial charge in [-0.1, -0.05) is 26.2 Å². The van der Waals surface area contributed by atoms with E-state index < -0.39 is 0 Å². The molecular formula is C9H20N2O. The molecule has 0 bridgehead atoms. The summed E-state index contributed by atoms with van der Waals surface area (Å²) < 4.78 is 5.27. The number of hydrogen-bond donors (Lipinski definition) is 2. The maximum absolute atomic E-state index is 6.94. The summed E-state index contributed by atoms with van der Waals surface area (Å²) in [6.07, 6.45) is 5.49. The van der Waals surface area contributed by atoms with E-state index in [1.54, 1.807) is 0 Å². The van der Waals surface area contributed by atoms with Crippen LogP contribution in [0.2, 0.25) is 0 Å². The predicted molar refractivity (Wildman–Crippen MR) is 51.5 cm³/mol. The number of nitrogens with one attached hydrogen (secondary N) is 1. The minimum atomic E-state index is 0.212. The highest BCUT2D eigenvalue weighted by atomic mass is 16.5. The minimum absolute atomic E-state index is 0.212. The quantitative estimate of drug-likeness (QED) is 0.334. The zero-order chi connectivity index (χ0) is 9.23. The minimum Gasteiger partial charge on any atom is -0.388 e. The Bertz CT molecular complexity index is 115. The Labute approximate surface area is 74.8 Å². The van der Waals surface area contributed by atoms with Gasteiger partial charge in [-0.2, -0.15) is 0 Å². The van der Waals surface area contributed by atoms with Gasteiger partial charge in [-0.3, -0.25) is 5.41 Å². The molecule has 0 aliphatic rings. The Morgan fingerprint density at radius 3 is 2.58 bits per heavy atom. The second-order valence-corrected chi connectivity index (χ2v) is 2.95. The van der Waals surface area contributed by atoms with Crippen LogP contribution >= 0.6 is 0 Å². The number of nitrogens with two attached hydrogens (primary N) is 1. The van der Waals surface area contributed by atoms with E-state index in [1.165, 1.54) is 19.3 Å². The fourth-order valence-electron chi connectivity index (χ4n) is 0.915. The lowest BCUT2D eigenvalue weighted by Gasteiger charge is -2.02. The zero-order valence-corrected chi connectivity index (χ0v) is 7.94. The number of rotatable bonds is 8. The van der Waals surface area contributed by atoms with Gasteiger partial charge >= 0.3 is 0 Å². The molecule has 0 heterocycles. The molecular weight excluding hydrogens is 152 g/mol. The highest BCUT2D eigenvalue weighted by Gasteiger charge is 1.91. The summed E-state index contributed by atoms with van der Waals surface area (Å²) in [5.74, 6) is 0.212. The smallest absolute Gasteiger partial charge is 0.0928 e. The zero-order valence-electron chi connectivity index (χ0n) is 7.94. The monoisotopic (exact) mass is 172 g/mol. The van der Waals surface area contributed by atoms with Gasteiger partial charge in [0.25, 0.3) is 0 Å². The molecule has 0 aromatic carbocycles. The van der Waals surface area contributed by atoms with Crippen LogP contribution < -0.4 is 5.73 Å². The van der Waals surface area contributed by atoms with Gasteiger partial charge in [-0.05, 0) is 6.42 Å². The van der Waals surface area contributed by atoms with Crippen molar-refractivity contribution in [1.82, 2.24) is 0 Å². The van der Waals surface area contributed by atoms with Gasteiger partial charge in [0.2, 0.25) is 0 Å². The van der Waals surface area contributed by atoms with Gasteiger partial charge in [0.1, 0.15) is 0 Å². The van der Waals surface area contributed by atoms with Crippen LogP contribution in [0.4, 0.5) is 0 Å². The molecule has 3 nitrogen and oxygen atoms in total. The maximum Gasteiger partial charge on any atom is 0.0928 e. The molecule has 0 rings (SSSR count). The molecule has 0 fully saturated rings. The third-order valence-corrected chi connectivity index (χ3v) is 1.66. The second kappa shape index (κ2) is 8.53. The molecule has 3 heteroatoms. The van der Waals surface area contributed by atoms with E-state index in [4.69, 9.17) is 15.9 Å². The number of amidine groups is 1. The average Bonchev–Trinajstić information content (AvgIpc) is 2.02. The summed E-state index contributed by atoms with van der Waals surface area (Å²) in [6, 6.07) is 0. The average molecular weight is 172 g/mol. The van der Waals surface area contributed by atoms with Crippen LogP contribution in [0.1, 0.15) is 39.0 Å². The third-order valence-electron chi connectivity index (χ3n) is 1.66. The Balaban J connectivity index is 2.86. The fourth-order valence-corrected chi connectivity index (χ4v) is 0.915. The van der Waals surface area contributed by atoms with Crippen LogP contribution in [-0.2, 0) is 4.74 Å². The molecule has 0 atom stereocenters. The molecule has 0 amide bonds. The maximum atomic E-state index is 6.94. The van der Waals surface area contributed by atoms with Crippen molar-refractivity contribution in [2.45, 2.75) is 39.0 Å². The molecule has 0 aliphatic carbocycles. The Hall–Kier alpha value is -0.570. The summed E-state index contributed by atoms with van der Waals surface area (Å²) in [4.78, 5) is 0. The van der Waals surface area contributed by atoms with E-state index in [2.05, 4.69) is 6.92 Å². The van der Waals surface area contributed by atoms with Crippen molar-refractivity contribution in [3.63, 3.8) is 0 Å². The first-order chi connectivity index (χ1) is 5.77. The molecule has 0 unspecified atom stereocenters. The van der Waals surface area contributed by atoms with Crippen molar-refractivity contribution < 1.29 is 4.74 Å². The first-order valence-electron chi connectivity index (χ1n) is 4.68. The molecule has 12 heavy (non-hydrogen) atoms. The fraction of sp³-hybridized carbons (Fsp3) is 0.889. The molecule has 0 spiro atoms. The molecule has 0 aliphatic heterocycles. The van der Waals surface area contributed by atoms with Gasteiger partial charge in [0, 0.05) is 13.0 Å². The summed E-state index contributed by atoms with van der Waals surface area (Å²) in [6.45, 7) is 3.60. The SMILES string of the molecule is CCCCCCOCCC(=N)N. The van der Waals surface area contributed by atoms with Gasteiger partial charge in [-0.15, -0.1) is 0 Å². The van der Waals surface area contributed by atoms with Crippen LogP contribution in [-0.4, -0.2) is 19.0 Å². The third kappa shape index (κ3) is 9.43. The van der Waals surface area contributed by atoms with Crippen LogP contribution in [0, 0.1) is 5.41 Å². The summed E-state index contributed by atoms with van der Waals surface area (Å²) in [7, 11) is 0. The summed E-state index contributed by atoms with van der Waals surface area (Å²) in [5.41, 5.74) is 5.16. The van der Waals surface area contributed by atoms with E-state index in [1.807, 2.05) is 0 Å². The van der Waals surface area contributed by atoms with Crippen LogP contribution in [0.15, 0.2) is 0 Å². The highest BCUT2D eigenvalue weighted by molar-refractivity contribution is 5.76. The highest BCUT2D eigenvalue weighted by Crippen LogP contribution is 1.98. The largest absolute Gasteiger partial charge is 0.388 e. The van der Waals surface area contributed by atoms with E-state index in [9.17, 15) is 0 Å². The van der Waals surface area contributed by atoms with E-state index in [-0.39, 0.29) is 5.84 Å². The number of hydrogen-bond acceptors (Lipinski definition) is 2. The molecule has 3 N–H and O–H groups in total. The topological polar surface area (TPSA) is 59.1 Å². The number of unbranched alkanes of at least 4 members (excludes halogenated alkanes) is 3. The lowest BCUT2D eigenvalue weighted by molar-refractivity contribution is 0.136. The molecule has 0 aromatic heterocycles. The molecule has 0 radical (unpaired) electrons. The lowest BCUT2D eigenvalue weighted by Crippen LogP contribution is -2.12. The van der Waals surface area contributed by atoms with E-state index >= 15 is 0 Å². The van der Waals surface area contributed by atoms with Crippen LogP contribution in [0.3, 0.4) is 0 Å². The van der Waals surface area contributed by atoms with Crippen molar-refractivity contribution in [1.29, 1.82) is 5.41 Å². The molecule has 0 saturated heterocycles. The Morgan fingerprint density at radius 2 is 2.00 bits per heavy atom. The summed E-state index contributed by atoms with van der Waals surface area (Å²) in [5, 5.41) is 6.94. The van der Waals surface area contributed by atoms with E-state index in [0.29, 0.717) is 13.0 Å². The van der Waals surface area contributed by atoms with Gasteiger partial charge in [0.15, 0.2) is 0 Å². The van der Waals surface area contributed by atoms with Gasteiger partial charge in [0.05, 0.1) is 12.4 Å². The predicted octanol–water partition coefficient (Wildman–Crippen LogP) is 1.91. The lowest BCUT2D eigenvalue weighted by atomic mass is 10.2. The first-order valence-corrected chi connectivity index (χ1v) is 4.68. The van der Waals surface area contributed by atoms with Crippen molar-refractivity contribution in [3.8, 4) is 0 Å². The Kier molecular flexibility index (Phi) is 8.12. The van der Waals surface area contributed by atoms with Crippen molar-refractivity contribution in [3.05, 3.63) is 0 Å². The summed E-state index contributed by atoms with van der Waals surface area (Å²) >= 11 is 0. The Morgan fingerprint density at radius 1 is 1.25 bits per heavy atom. The second-order valence-electron chi connectivity index (χ2n) is 2.95. The molecule has 0 saturated carbocycles. The van der Waals surface area contributed by atoms with Crippen LogP contribution in [0.25, 0.3) is 0 Å². The molecule has 72 valence electrons. The molecule has 0 aromatic rings. The van der Waals surface area contributed by atoms with Crippen molar-refractivity contribution >= 4 is 5.84 Å². The number of ether oxygens (including phenoxy) is 1. The van der Waals surface area contributed by atoms with Crippen molar-refractivity contribution in [2.75, 3.05) is 13.2 Å². The van der Waals surface area contributed by atoms with E-state index in [0.717, 1.165) is 13.0 Å². The normalized spacial score (nSPS) is 10.1. The van der Waals surface area contributed by atoms with Crippen LogP contribution in [0.5, 0.6) is 0 Å². The van der Waals surface area contributed by atoms with Gasteiger partial charge < -0.3 is 10.5 Å². The van der Waals surface area contributed by atoms with Crippen molar-refractivity contribution in [2.24, 2.45) is 5.73 Å². The first kappa shape index (κ1) is 11.4. The standard InChI is InChI=1S/C9H20N2O/c1-2-3-4-5-7-12-8-6-9(10)11/h2-8H2,1H3,(H3,10,11). The van der Waals surface area contributed by atoms with Gasteiger partial charge in [-0.25, -0.2) is 0 Å².